The third-order valence-corrected chi connectivity index (χ3v) is 4.17. The molecule has 3 atom stereocenters. The highest BCUT2D eigenvalue weighted by Gasteiger charge is 2.30. The predicted molar refractivity (Wildman–Crippen MR) is 78.3 cm³/mol. The number of alkyl carbamates (subject to hydrolysis) is 1. The van der Waals surface area contributed by atoms with Crippen LogP contribution in [0.3, 0.4) is 0 Å². The molecule has 1 fully saturated rings. The van der Waals surface area contributed by atoms with E-state index < -0.39 is 12.1 Å². The van der Waals surface area contributed by atoms with Crippen LogP contribution in [0.2, 0.25) is 0 Å². The zero-order valence-corrected chi connectivity index (χ0v) is 13.1. The Hall–Kier alpha value is -1.26. The van der Waals surface area contributed by atoms with Crippen LogP contribution in [-0.2, 0) is 9.53 Å². The van der Waals surface area contributed by atoms with Gasteiger partial charge < -0.3 is 15.4 Å². The Kier molecular flexibility index (Phi) is 6.82. The number of hydrogen-bond acceptors (Lipinski definition) is 3. The lowest BCUT2D eigenvalue weighted by molar-refractivity contribution is -0.125. The van der Waals surface area contributed by atoms with Gasteiger partial charge in [-0.25, -0.2) is 4.79 Å². The van der Waals surface area contributed by atoms with Crippen molar-refractivity contribution in [1.82, 2.24) is 10.6 Å². The third kappa shape index (κ3) is 4.69. The predicted octanol–water partition coefficient (Wildman–Crippen LogP) is 2.45. The van der Waals surface area contributed by atoms with E-state index in [0.29, 0.717) is 5.92 Å². The first-order chi connectivity index (χ1) is 9.49. The Morgan fingerprint density at radius 2 is 1.90 bits per heavy atom. The van der Waals surface area contributed by atoms with Crippen LogP contribution in [0.4, 0.5) is 4.79 Å². The highest BCUT2D eigenvalue weighted by molar-refractivity contribution is 5.86. The molecule has 0 heterocycles. The second kappa shape index (κ2) is 8.12. The highest BCUT2D eigenvalue weighted by Crippen LogP contribution is 2.26. The molecule has 5 nitrogen and oxygen atoms in total. The fourth-order valence-electron chi connectivity index (χ4n) is 2.88. The zero-order valence-electron chi connectivity index (χ0n) is 13.1. The van der Waals surface area contributed by atoms with Crippen molar-refractivity contribution in [3.05, 3.63) is 0 Å². The van der Waals surface area contributed by atoms with E-state index in [0.717, 1.165) is 19.3 Å². The van der Waals surface area contributed by atoms with Crippen molar-refractivity contribution in [2.75, 3.05) is 7.11 Å². The molecular formula is C15H28N2O3. The topological polar surface area (TPSA) is 67.4 Å². The van der Waals surface area contributed by atoms with Crippen LogP contribution < -0.4 is 10.6 Å². The minimum Gasteiger partial charge on any atom is -0.453 e. The van der Waals surface area contributed by atoms with Gasteiger partial charge in [-0.3, -0.25) is 4.79 Å². The van der Waals surface area contributed by atoms with Crippen molar-refractivity contribution in [2.45, 2.75) is 65.0 Å². The minimum atomic E-state index is -0.561. The van der Waals surface area contributed by atoms with E-state index in [9.17, 15) is 9.59 Å². The van der Waals surface area contributed by atoms with Gasteiger partial charge in [0.2, 0.25) is 5.91 Å². The van der Waals surface area contributed by atoms with E-state index in [2.05, 4.69) is 22.3 Å². The van der Waals surface area contributed by atoms with Gasteiger partial charge in [0, 0.05) is 6.04 Å². The van der Waals surface area contributed by atoms with E-state index in [1.54, 1.807) is 0 Å². The molecule has 1 aliphatic carbocycles. The summed E-state index contributed by atoms with van der Waals surface area (Å²) in [5.41, 5.74) is 0. The summed E-state index contributed by atoms with van der Waals surface area (Å²) in [6.07, 6.45) is 5.15. The smallest absolute Gasteiger partial charge is 0.407 e. The van der Waals surface area contributed by atoms with Crippen molar-refractivity contribution < 1.29 is 14.3 Å². The first-order valence-electron chi connectivity index (χ1n) is 7.64. The van der Waals surface area contributed by atoms with E-state index in [-0.39, 0.29) is 17.9 Å². The van der Waals surface area contributed by atoms with E-state index in [4.69, 9.17) is 0 Å². The van der Waals surface area contributed by atoms with Crippen molar-refractivity contribution in [1.29, 1.82) is 0 Å². The van der Waals surface area contributed by atoms with Crippen LogP contribution in [0.1, 0.15) is 52.9 Å². The SMILES string of the molecule is CC[C@H]1CCCC[C@@H]1NC(=O)[C@@H](NC(=O)OC)C(C)C. The summed E-state index contributed by atoms with van der Waals surface area (Å²) in [5, 5.41) is 5.74. The largest absolute Gasteiger partial charge is 0.453 e. The first kappa shape index (κ1) is 16.8. The van der Waals surface area contributed by atoms with Gasteiger partial charge in [-0.15, -0.1) is 0 Å². The molecule has 0 saturated heterocycles. The molecular weight excluding hydrogens is 256 g/mol. The van der Waals surface area contributed by atoms with Crippen LogP contribution in [0.25, 0.3) is 0 Å². The number of carbonyl (C=O) groups is 2. The van der Waals surface area contributed by atoms with E-state index in [1.807, 2.05) is 13.8 Å². The lowest BCUT2D eigenvalue weighted by atomic mass is 9.82. The summed E-state index contributed by atoms with van der Waals surface area (Å²) >= 11 is 0. The second-order valence-corrected chi connectivity index (χ2v) is 5.93. The number of carbonyl (C=O) groups excluding carboxylic acids is 2. The summed E-state index contributed by atoms with van der Waals surface area (Å²) in [6.45, 7) is 6.00. The summed E-state index contributed by atoms with van der Waals surface area (Å²) in [5.74, 6) is 0.479. The molecule has 0 radical (unpaired) electrons. The normalized spacial score (nSPS) is 24.1. The molecule has 1 saturated carbocycles. The molecule has 1 rings (SSSR count). The highest BCUT2D eigenvalue weighted by atomic mass is 16.5. The fourth-order valence-corrected chi connectivity index (χ4v) is 2.88. The molecule has 0 unspecified atom stereocenters. The summed E-state index contributed by atoms with van der Waals surface area (Å²) in [6, 6.07) is -0.302. The van der Waals surface area contributed by atoms with Crippen LogP contribution in [0.15, 0.2) is 0 Å². The van der Waals surface area contributed by atoms with Crippen LogP contribution >= 0.6 is 0 Å². The summed E-state index contributed by atoms with van der Waals surface area (Å²) in [7, 11) is 1.30. The standard InChI is InChI=1S/C15H28N2O3/c1-5-11-8-6-7-9-12(11)16-14(18)13(10(2)3)17-15(19)20-4/h10-13H,5-9H2,1-4H3,(H,16,18)(H,17,19)/t11-,12-,13-/m0/s1. The fraction of sp³-hybridized carbons (Fsp3) is 0.867. The minimum absolute atomic E-state index is 0.0257. The van der Waals surface area contributed by atoms with Crippen molar-refractivity contribution >= 4 is 12.0 Å². The Labute approximate surface area is 121 Å². The van der Waals surface area contributed by atoms with E-state index >= 15 is 0 Å². The molecule has 0 aromatic heterocycles. The zero-order chi connectivity index (χ0) is 15.1. The maximum atomic E-state index is 12.4. The number of ether oxygens (including phenoxy) is 1. The number of amides is 2. The molecule has 0 bridgehead atoms. The van der Waals surface area contributed by atoms with Gasteiger partial charge in [-0.1, -0.05) is 40.0 Å². The molecule has 0 spiro atoms. The average molecular weight is 284 g/mol. The third-order valence-electron chi connectivity index (χ3n) is 4.17. The van der Waals surface area contributed by atoms with Gasteiger partial charge in [0.05, 0.1) is 7.11 Å². The molecule has 0 aromatic carbocycles. The van der Waals surface area contributed by atoms with Gasteiger partial charge in [-0.2, -0.15) is 0 Å². The van der Waals surface area contributed by atoms with Gasteiger partial charge in [0.1, 0.15) is 6.04 Å². The molecule has 2 amide bonds. The van der Waals surface area contributed by atoms with Crippen LogP contribution in [0.5, 0.6) is 0 Å². The molecule has 0 aromatic rings. The Balaban J connectivity index is 2.62. The van der Waals surface area contributed by atoms with Crippen molar-refractivity contribution in [2.24, 2.45) is 11.8 Å². The maximum Gasteiger partial charge on any atom is 0.407 e. The Morgan fingerprint density at radius 3 is 2.45 bits per heavy atom. The molecule has 1 aliphatic rings. The van der Waals surface area contributed by atoms with Gasteiger partial charge in [-0.05, 0) is 24.7 Å². The monoisotopic (exact) mass is 284 g/mol. The van der Waals surface area contributed by atoms with Gasteiger partial charge in [0.25, 0.3) is 0 Å². The lowest BCUT2D eigenvalue weighted by Gasteiger charge is -2.33. The van der Waals surface area contributed by atoms with E-state index in [1.165, 1.54) is 20.0 Å². The molecule has 116 valence electrons. The molecule has 20 heavy (non-hydrogen) atoms. The van der Waals surface area contributed by atoms with Gasteiger partial charge >= 0.3 is 6.09 Å². The molecule has 0 aliphatic heterocycles. The van der Waals surface area contributed by atoms with Crippen LogP contribution in [-0.4, -0.2) is 31.2 Å². The second-order valence-electron chi connectivity index (χ2n) is 5.93. The number of hydrogen-bond donors (Lipinski definition) is 2. The lowest BCUT2D eigenvalue weighted by Crippen LogP contribution is -2.53. The van der Waals surface area contributed by atoms with Crippen molar-refractivity contribution in [3.8, 4) is 0 Å². The van der Waals surface area contributed by atoms with Gasteiger partial charge in [0.15, 0.2) is 0 Å². The number of nitrogens with one attached hydrogen (secondary N) is 2. The Morgan fingerprint density at radius 1 is 1.25 bits per heavy atom. The summed E-state index contributed by atoms with van der Waals surface area (Å²) in [4.78, 5) is 23.7. The molecule has 5 heteroatoms. The molecule has 2 N–H and O–H groups in total. The first-order valence-corrected chi connectivity index (χ1v) is 7.64. The summed E-state index contributed by atoms with van der Waals surface area (Å²) < 4.78 is 4.58. The quantitative estimate of drug-likeness (QED) is 0.815. The number of methoxy groups -OCH3 is 1. The number of rotatable bonds is 5. The Bertz CT molecular complexity index is 331. The average Bonchev–Trinajstić information content (AvgIpc) is 2.44. The maximum absolute atomic E-state index is 12.4. The van der Waals surface area contributed by atoms with Crippen LogP contribution in [0, 0.1) is 11.8 Å². The van der Waals surface area contributed by atoms with Crippen molar-refractivity contribution in [3.63, 3.8) is 0 Å².